The van der Waals surface area contributed by atoms with Gasteiger partial charge in [0.05, 0.1) is 0 Å². The van der Waals surface area contributed by atoms with Crippen LogP contribution >= 0.6 is 0 Å². The molecule has 1 atom stereocenters. The number of carbonyl (C=O) groups excluding carboxylic acids is 1. The maximum atomic E-state index is 13.3. The van der Waals surface area contributed by atoms with E-state index < -0.39 is 5.82 Å². The van der Waals surface area contributed by atoms with E-state index in [0.717, 1.165) is 25.7 Å². The van der Waals surface area contributed by atoms with E-state index >= 15 is 0 Å². The Morgan fingerprint density at radius 1 is 1.43 bits per heavy atom. The van der Waals surface area contributed by atoms with Gasteiger partial charge in [-0.1, -0.05) is 25.3 Å². The van der Waals surface area contributed by atoms with Gasteiger partial charge in [-0.2, -0.15) is 0 Å². The second-order valence-corrected chi connectivity index (χ2v) is 5.66. The van der Waals surface area contributed by atoms with E-state index in [-0.39, 0.29) is 24.6 Å². The van der Waals surface area contributed by atoms with E-state index in [1.54, 1.807) is 13.0 Å². The molecule has 1 aromatic carbocycles. The third-order valence-corrected chi connectivity index (χ3v) is 3.80. The van der Waals surface area contributed by atoms with E-state index in [9.17, 15) is 9.18 Å². The van der Waals surface area contributed by atoms with Crippen LogP contribution in [0.3, 0.4) is 0 Å². The highest BCUT2D eigenvalue weighted by atomic mass is 19.1. The first-order valence-electron chi connectivity index (χ1n) is 7.53. The summed E-state index contributed by atoms with van der Waals surface area (Å²) in [5, 5.41) is 2.96. The van der Waals surface area contributed by atoms with Gasteiger partial charge >= 0.3 is 0 Å². The van der Waals surface area contributed by atoms with Crippen LogP contribution < -0.4 is 15.8 Å². The average molecular weight is 294 g/mol. The molecule has 1 fully saturated rings. The molecule has 3 N–H and O–H groups in total. The van der Waals surface area contributed by atoms with Crippen molar-refractivity contribution in [2.45, 2.75) is 51.1 Å². The van der Waals surface area contributed by atoms with Crippen LogP contribution in [0, 0.1) is 5.82 Å². The lowest BCUT2D eigenvalue weighted by Gasteiger charge is -2.23. The highest BCUT2D eigenvalue weighted by Crippen LogP contribution is 2.24. The summed E-state index contributed by atoms with van der Waals surface area (Å²) in [6.07, 6.45) is 5.60. The minimum atomic E-state index is -0.401. The van der Waals surface area contributed by atoms with Crippen molar-refractivity contribution in [2.75, 3.05) is 6.61 Å². The van der Waals surface area contributed by atoms with Gasteiger partial charge in [0.2, 0.25) is 0 Å². The number of nitrogens with one attached hydrogen (secondary N) is 1. The summed E-state index contributed by atoms with van der Waals surface area (Å²) in [5.74, 6) is -0.229. The quantitative estimate of drug-likeness (QED) is 0.877. The number of carbonyl (C=O) groups is 1. The van der Waals surface area contributed by atoms with Crippen molar-refractivity contribution in [1.29, 1.82) is 0 Å². The monoisotopic (exact) mass is 294 g/mol. The number of nitrogens with two attached hydrogens (primary N) is 1. The predicted molar refractivity (Wildman–Crippen MR) is 79.5 cm³/mol. The smallest absolute Gasteiger partial charge is 0.258 e. The maximum Gasteiger partial charge on any atom is 0.258 e. The second kappa shape index (κ2) is 7.41. The topological polar surface area (TPSA) is 64.3 Å². The molecular formula is C16H23FN2O2. The number of hydrogen-bond acceptors (Lipinski definition) is 3. The Labute approximate surface area is 124 Å². The third kappa shape index (κ3) is 4.70. The Morgan fingerprint density at radius 3 is 2.81 bits per heavy atom. The lowest BCUT2D eigenvalue weighted by atomic mass is 9.95. The van der Waals surface area contributed by atoms with E-state index in [2.05, 4.69) is 5.32 Å². The third-order valence-electron chi connectivity index (χ3n) is 3.80. The SMILES string of the molecule is C[C@H](N)c1ccc(F)cc1OCC(=O)NC1CCCCC1. The fourth-order valence-corrected chi connectivity index (χ4v) is 2.67. The van der Waals surface area contributed by atoms with Crippen molar-refractivity contribution in [2.24, 2.45) is 5.73 Å². The Hall–Kier alpha value is -1.62. The van der Waals surface area contributed by atoms with E-state index in [4.69, 9.17) is 10.5 Å². The molecule has 0 saturated heterocycles. The first kappa shape index (κ1) is 15.8. The number of rotatable bonds is 5. The lowest BCUT2D eigenvalue weighted by Crippen LogP contribution is -2.39. The standard InChI is InChI=1S/C16H23FN2O2/c1-11(18)14-8-7-12(17)9-15(14)21-10-16(20)19-13-5-3-2-4-6-13/h7-9,11,13H,2-6,10,18H2,1H3,(H,19,20)/t11-/m0/s1. The van der Waals surface area contributed by atoms with Crippen molar-refractivity contribution in [1.82, 2.24) is 5.32 Å². The zero-order valence-corrected chi connectivity index (χ0v) is 12.4. The molecular weight excluding hydrogens is 271 g/mol. The zero-order valence-electron chi connectivity index (χ0n) is 12.4. The highest BCUT2D eigenvalue weighted by molar-refractivity contribution is 5.77. The molecule has 0 radical (unpaired) electrons. The molecule has 21 heavy (non-hydrogen) atoms. The Bertz CT molecular complexity index is 485. The Balaban J connectivity index is 1.89. The molecule has 0 aliphatic heterocycles. The van der Waals surface area contributed by atoms with Gasteiger partial charge in [-0.3, -0.25) is 4.79 Å². The summed E-state index contributed by atoms with van der Waals surface area (Å²) in [7, 11) is 0. The van der Waals surface area contributed by atoms with Crippen molar-refractivity contribution in [3.05, 3.63) is 29.6 Å². The summed E-state index contributed by atoms with van der Waals surface area (Å²) in [6.45, 7) is 1.68. The molecule has 1 aliphatic rings. The summed E-state index contributed by atoms with van der Waals surface area (Å²) in [6, 6.07) is 4.17. The normalized spacial score (nSPS) is 17.3. The number of benzene rings is 1. The van der Waals surface area contributed by atoms with Crippen LogP contribution in [0.4, 0.5) is 4.39 Å². The summed E-state index contributed by atoms with van der Waals surface area (Å²) in [5.41, 5.74) is 6.51. The second-order valence-electron chi connectivity index (χ2n) is 5.66. The average Bonchev–Trinajstić information content (AvgIpc) is 2.46. The highest BCUT2D eigenvalue weighted by Gasteiger charge is 2.16. The molecule has 1 saturated carbocycles. The fourth-order valence-electron chi connectivity index (χ4n) is 2.67. The molecule has 1 aromatic rings. The molecule has 0 aromatic heterocycles. The number of ether oxygens (including phenoxy) is 1. The van der Waals surface area contributed by atoms with Crippen LogP contribution in [-0.2, 0) is 4.79 Å². The van der Waals surface area contributed by atoms with E-state index in [0.29, 0.717) is 11.3 Å². The zero-order chi connectivity index (χ0) is 15.2. The van der Waals surface area contributed by atoms with E-state index in [1.807, 2.05) is 0 Å². The van der Waals surface area contributed by atoms with Crippen molar-refractivity contribution in [3.63, 3.8) is 0 Å². The molecule has 1 aliphatic carbocycles. The largest absolute Gasteiger partial charge is 0.483 e. The van der Waals surface area contributed by atoms with Crippen LogP contribution in [0.5, 0.6) is 5.75 Å². The van der Waals surface area contributed by atoms with Crippen molar-refractivity contribution in [3.8, 4) is 5.75 Å². The first-order valence-corrected chi connectivity index (χ1v) is 7.53. The van der Waals surface area contributed by atoms with Gasteiger partial charge in [-0.25, -0.2) is 4.39 Å². The molecule has 4 nitrogen and oxygen atoms in total. The lowest BCUT2D eigenvalue weighted by molar-refractivity contribution is -0.124. The molecule has 0 spiro atoms. The van der Waals surface area contributed by atoms with Gasteiger partial charge in [0.25, 0.3) is 5.91 Å². The number of hydrogen-bond donors (Lipinski definition) is 2. The molecule has 2 rings (SSSR count). The van der Waals surface area contributed by atoms with Gasteiger partial charge in [0.15, 0.2) is 6.61 Å². The van der Waals surface area contributed by atoms with Crippen LogP contribution in [0.2, 0.25) is 0 Å². The van der Waals surface area contributed by atoms with Crippen LogP contribution in [-0.4, -0.2) is 18.6 Å². The van der Waals surface area contributed by atoms with Gasteiger partial charge in [0, 0.05) is 23.7 Å². The first-order chi connectivity index (χ1) is 10.1. The number of amides is 1. The van der Waals surface area contributed by atoms with Crippen molar-refractivity contribution >= 4 is 5.91 Å². The molecule has 0 heterocycles. The summed E-state index contributed by atoms with van der Waals surface area (Å²) < 4.78 is 18.7. The summed E-state index contributed by atoms with van der Waals surface area (Å²) >= 11 is 0. The Morgan fingerprint density at radius 2 is 2.14 bits per heavy atom. The minimum Gasteiger partial charge on any atom is -0.483 e. The molecule has 0 unspecified atom stereocenters. The number of halogens is 1. The predicted octanol–water partition coefficient (Wildman–Crippen LogP) is 2.67. The van der Waals surface area contributed by atoms with E-state index in [1.165, 1.54) is 18.6 Å². The van der Waals surface area contributed by atoms with Gasteiger partial charge < -0.3 is 15.8 Å². The molecule has 1 amide bonds. The van der Waals surface area contributed by atoms with Crippen LogP contribution in [0.25, 0.3) is 0 Å². The van der Waals surface area contributed by atoms with Gasteiger partial charge in [-0.15, -0.1) is 0 Å². The van der Waals surface area contributed by atoms with Crippen molar-refractivity contribution < 1.29 is 13.9 Å². The van der Waals surface area contributed by atoms with Crippen LogP contribution in [0.15, 0.2) is 18.2 Å². The molecule has 5 heteroatoms. The molecule has 116 valence electrons. The maximum absolute atomic E-state index is 13.3. The Kier molecular flexibility index (Phi) is 5.56. The van der Waals surface area contributed by atoms with Gasteiger partial charge in [0.1, 0.15) is 11.6 Å². The van der Waals surface area contributed by atoms with Gasteiger partial charge in [-0.05, 0) is 25.8 Å². The van der Waals surface area contributed by atoms with Crippen LogP contribution in [0.1, 0.15) is 50.6 Å². The summed E-state index contributed by atoms with van der Waals surface area (Å²) in [4.78, 5) is 11.9. The minimum absolute atomic E-state index is 0.111. The fraction of sp³-hybridized carbons (Fsp3) is 0.562. The molecule has 0 bridgehead atoms.